The van der Waals surface area contributed by atoms with Gasteiger partial charge in [-0.25, -0.2) is 4.98 Å². The van der Waals surface area contributed by atoms with Crippen molar-refractivity contribution in [3.63, 3.8) is 0 Å². The molecule has 0 bridgehead atoms. The molecular formula is C28H30N4O4S. The van der Waals surface area contributed by atoms with E-state index in [9.17, 15) is 14.4 Å². The topological polar surface area (TPSA) is 102 Å². The maximum atomic E-state index is 13.6. The quantitative estimate of drug-likeness (QED) is 0.310. The number of para-hydroxylation sites is 3. The maximum absolute atomic E-state index is 13.6. The summed E-state index contributed by atoms with van der Waals surface area (Å²) in [6.45, 7) is 7.70. The second-order valence-electron chi connectivity index (χ2n) is 9.00. The van der Waals surface area contributed by atoms with Crippen LogP contribution in [0.25, 0.3) is 10.2 Å². The number of methoxy groups -OCH3 is 1. The summed E-state index contributed by atoms with van der Waals surface area (Å²) >= 11 is 1.15. The van der Waals surface area contributed by atoms with Crippen LogP contribution in [-0.2, 0) is 4.79 Å². The molecule has 1 atom stereocenters. The Morgan fingerprint density at radius 1 is 1.05 bits per heavy atom. The van der Waals surface area contributed by atoms with Crippen LogP contribution in [0.5, 0.6) is 5.75 Å². The molecule has 0 saturated carbocycles. The summed E-state index contributed by atoms with van der Waals surface area (Å²) in [5.41, 5.74) is 2.45. The van der Waals surface area contributed by atoms with E-state index in [-0.39, 0.29) is 23.3 Å². The van der Waals surface area contributed by atoms with Crippen molar-refractivity contribution in [2.75, 3.05) is 17.7 Å². The normalized spacial score (nSPS) is 11.9. The van der Waals surface area contributed by atoms with E-state index in [4.69, 9.17) is 4.74 Å². The lowest BCUT2D eigenvalue weighted by Crippen LogP contribution is -2.33. The van der Waals surface area contributed by atoms with Gasteiger partial charge in [-0.3, -0.25) is 19.0 Å². The predicted octanol–water partition coefficient (Wildman–Crippen LogP) is 5.74. The molecule has 2 aromatic heterocycles. The van der Waals surface area contributed by atoms with Crippen molar-refractivity contribution in [1.29, 1.82) is 0 Å². The van der Waals surface area contributed by atoms with Crippen LogP contribution in [-0.4, -0.2) is 28.5 Å². The molecule has 4 aromatic rings. The van der Waals surface area contributed by atoms with Gasteiger partial charge in [-0.1, -0.05) is 51.1 Å². The molecule has 0 spiro atoms. The van der Waals surface area contributed by atoms with E-state index in [1.807, 2.05) is 37.3 Å². The highest BCUT2D eigenvalue weighted by molar-refractivity contribution is 7.20. The summed E-state index contributed by atoms with van der Waals surface area (Å²) in [7, 11) is 1.53. The number of aryl methyl sites for hydroxylation is 1. The average Bonchev–Trinajstić information content (AvgIpc) is 3.23. The van der Waals surface area contributed by atoms with Crippen LogP contribution < -0.4 is 20.9 Å². The van der Waals surface area contributed by atoms with Gasteiger partial charge >= 0.3 is 0 Å². The molecule has 1 unspecified atom stereocenters. The molecule has 2 heterocycles. The Bertz CT molecular complexity index is 1520. The van der Waals surface area contributed by atoms with Gasteiger partial charge in [-0.05, 0) is 48.6 Å². The Balaban J connectivity index is 1.67. The van der Waals surface area contributed by atoms with E-state index < -0.39 is 6.04 Å². The number of carbonyl (C=O) groups is 2. The van der Waals surface area contributed by atoms with Gasteiger partial charge in [0.2, 0.25) is 5.91 Å². The minimum absolute atomic E-state index is 0.228. The zero-order chi connectivity index (χ0) is 26.7. The molecule has 8 nitrogen and oxygen atoms in total. The largest absolute Gasteiger partial charge is 0.495 e. The highest BCUT2D eigenvalue weighted by Gasteiger charge is 2.25. The molecule has 0 aliphatic rings. The Labute approximate surface area is 219 Å². The second-order valence-corrected chi connectivity index (χ2v) is 10.0. The lowest BCUT2D eigenvalue weighted by Gasteiger charge is -2.20. The first-order valence-electron chi connectivity index (χ1n) is 12.1. The third kappa shape index (κ3) is 5.13. The van der Waals surface area contributed by atoms with Crippen LogP contribution in [0.15, 0.2) is 59.7 Å². The number of rotatable bonds is 8. The number of nitrogens with one attached hydrogen (secondary N) is 2. The van der Waals surface area contributed by atoms with Crippen LogP contribution >= 0.6 is 11.3 Å². The Morgan fingerprint density at radius 3 is 2.41 bits per heavy atom. The van der Waals surface area contributed by atoms with E-state index in [1.165, 1.54) is 18.0 Å². The minimum Gasteiger partial charge on any atom is -0.495 e. The second kappa shape index (κ2) is 11.0. The zero-order valence-corrected chi connectivity index (χ0v) is 22.3. The third-order valence-corrected chi connectivity index (χ3v) is 7.50. The molecule has 2 N–H and O–H groups in total. The van der Waals surface area contributed by atoms with E-state index in [0.29, 0.717) is 38.5 Å². The summed E-state index contributed by atoms with van der Waals surface area (Å²) < 4.78 is 6.67. The van der Waals surface area contributed by atoms with Crippen LogP contribution in [0, 0.1) is 6.92 Å². The van der Waals surface area contributed by atoms with Gasteiger partial charge in [-0.15, -0.1) is 11.3 Å². The molecular weight excluding hydrogens is 488 g/mol. The van der Waals surface area contributed by atoms with Crippen LogP contribution in [0.3, 0.4) is 0 Å². The van der Waals surface area contributed by atoms with Crippen molar-refractivity contribution < 1.29 is 14.3 Å². The number of hydrogen-bond donors (Lipinski definition) is 2. The lowest BCUT2D eigenvalue weighted by atomic mass is 10.0. The summed E-state index contributed by atoms with van der Waals surface area (Å²) in [5.74, 6) is 0.115. The summed E-state index contributed by atoms with van der Waals surface area (Å²) in [5, 5.41) is 6.19. The van der Waals surface area contributed by atoms with Gasteiger partial charge in [-0.2, -0.15) is 0 Å². The zero-order valence-electron chi connectivity index (χ0n) is 21.5. The smallest absolute Gasteiger partial charge is 0.266 e. The summed E-state index contributed by atoms with van der Waals surface area (Å²) in [4.78, 5) is 45.2. The van der Waals surface area contributed by atoms with E-state index in [0.717, 1.165) is 22.6 Å². The van der Waals surface area contributed by atoms with E-state index >= 15 is 0 Å². The van der Waals surface area contributed by atoms with Crippen molar-refractivity contribution in [2.24, 2.45) is 0 Å². The first kappa shape index (κ1) is 26.1. The standard InChI is InChI=1S/C28H30N4O4S/c1-6-21(25(33)30-19-12-8-7-11-18(19)16(2)3)32-15-29-27-23(28(32)35)17(4)24(37-27)26(34)31-20-13-9-10-14-22(20)36-5/h7-16,21H,6H2,1-5H3,(H,30,33)(H,31,34). The van der Waals surface area contributed by atoms with Crippen LogP contribution in [0.4, 0.5) is 11.4 Å². The number of carbonyl (C=O) groups excluding carboxylic acids is 2. The molecule has 0 fully saturated rings. The minimum atomic E-state index is -0.755. The van der Waals surface area contributed by atoms with Crippen molar-refractivity contribution >= 4 is 44.7 Å². The molecule has 2 aromatic carbocycles. The number of benzene rings is 2. The Kier molecular flexibility index (Phi) is 7.73. The molecule has 0 aliphatic carbocycles. The SMILES string of the molecule is CCC(C(=O)Nc1ccccc1C(C)C)n1cnc2sc(C(=O)Nc3ccccc3OC)c(C)c2c1=O. The monoisotopic (exact) mass is 518 g/mol. The highest BCUT2D eigenvalue weighted by atomic mass is 32.1. The number of thiophene rings is 1. The van der Waals surface area contributed by atoms with Gasteiger partial charge < -0.3 is 15.4 Å². The summed E-state index contributed by atoms with van der Waals surface area (Å²) in [6.07, 6.45) is 1.79. The maximum Gasteiger partial charge on any atom is 0.266 e. The van der Waals surface area contributed by atoms with Crippen LogP contribution in [0.1, 0.15) is 60.0 Å². The van der Waals surface area contributed by atoms with Gasteiger partial charge in [0.1, 0.15) is 16.6 Å². The van der Waals surface area contributed by atoms with Crippen molar-refractivity contribution in [1.82, 2.24) is 9.55 Å². The first-order valence-corrected chi connectivity index (χ1v) is 12.9. The van der Waals surface area contributed by atoms with Crippen molar-refractivity contribution in [2.45, 2.75) is 46.1 Å². The highest BCUT2D eigenvalue weighted by Crippen LogP contribution is 2.30. The predicted molar refractivity (Wildman–Crippen MR) is 148 cm³/mol. The molecule has 37 heavy (non-hydrogen) atoms. The molecule has 0 aliphatic heterocycles. The van der Waals surface area contributed by atoms with Crippen molar-refractivity contribution in [3.8, 4) is 5.75 Å². The van der Waals surface area contributed by atoms with Gasteiger partial charge in [0.25, 0.3) is 11.5 Å². The van der Waals surface area contributed by atoms with Gasteiger partial charge in [0.05, 0.1) is 29.4 Å². The fraction of sp³-hybridized carbons (Fsp3) is 0.286. The first-order chi connectivity index (χ1) is 17.8. The lowest BCUT2D eigenvalue weighted by molar-refractivity contribution is -0.119. The van der Waals surface area contributed by atoms with Crippen LogP contribution in [0.2, 0.25) is 0 Å². The molecule has 0 radical (unpaired) electrons. The van der Waals surface area contributed by atoms with Gasteiger partial charge in [0.15, 0.2) is 0 Å². The number of fused-ring (bicyclic) bond motifs is 1. The Hall–Kier alpha value is -3.98. The molecule has 4 rings (SSSR count). The van der Waals surface area contributed by atoms with Crippen molar-refractivity contribution in [3.05, 3.63) is 81.2 Å². The fourth-order valence-electron chi connectivity index (χ4n) is 4.34. The number of aromatic nitrogens is 2. The molecule has 9 heteroatoms. The average molecular weight is 519 g/mol. The number of anilines is 2. The number of ether oxygens (including phenoxy) is 1. The molecule has 0 saturated heterocycles. The van der Waals surface area contributed by atoms with Gasteiger partial charge in [0, 0.05) is 5.69 Å². The third-order valence-electron chi connectivity index (χ3n) is 6.30. The molecule has 2 amide bonds. The molecule has 192 valence electrons. The summed E-state index contributed by atoms with van der Waals surface area (Å²) in [6, 6.07) is 14.0. The van der Waals surface area contributed by atoms with E-state index in [1.54, 1.807) is 25.1 Å². The number of hydrogen-bond acceptors (Lipinski definition) is 6. The van der Waals surface area contributed by atoms with E-state index in [2.05, 4.69) is 29.5 Å². The fourth-order valence-corrected chi connectivity index (χ4v) is 5.38. The number of amides is 2. The number of nitrogens with zero attached hydrogens (tertiary/aromatic N) is 2. The Morgan fingerprint density at radius 2 is 1.73 bits per heavy atom.